The van der Waals surface area contributed by atoms with Gasteiger partial charge in [-0.05, 0) is 38.2 Å². The van der Waals surface area contributed by atoms with Gasteiger partial charge in [0, 0.05) is 37.2 Å². The van der Waals surface area contributed by atoms with Crippen molar-refractivity contribution in [2.45, 2.75) is 57.2 Å². The molecule has 0 radical (unpaired) electrons. The summed E-state index contributed by atoms with van der Waals surface area (Å²) >= 11 is 0. The zero-order valence-electron chi connectivity index (χ0n) is 14.6. The standard InChI is InChI=1S/C20H25N3O2/c1-14-11-17(9-10-23(14)13-15-5-3-2-4-6-15)21-20(24)18-12-19(25-22-18)16-7-8-16/h2-6,12,14,16-17H,7-11,13H2,1H3,(H,21,24)/t14-,17-/m0/s1. The van der Waals surface area contributed by atoms with Crippen LogP contribution in [0.1, 0.15) is 60.3 Å². The monoisotopic (exact) mass is 339 g/mol. The van der Waals surface area contributed by atoms with Crippen LogP contribution in [0.25, 0.3) is 0 Å². The van der Waals surface area contributed by atoms with Crippen molar-refractivity contribution in [2.24, 2.45) is 0 Å². The molecule has 1 aromatic carbocycles. The van der Waals surface area contributed by atoms with Crippen molar-refractivity contribution < 1.29 is 9.32 Å². The molecule has 0 unspecified atom stereocenters. The summed E-state index contributed by atoms with van der Waals surface area (Å²) in [5.41, 5.74) is 1.76. The van der Waals surface area contributed by atoms with E-state index in [0.717, 1.165) is 44.5 Å². The van der Waals surface area contributed by atoms with Crippen LogP contribution in [0.5, 0.6) is 0 Å². The van der Waals surface area contributed by atoms with E-state index >= 15 is 0 Å². The van der Waals surface area contributed by atoms with Crippen molar-refractivity contribution in [1.82, 2.24) is 15.4 Å². The molecule has 2 heterocycles. The van der Waals surface area contributed by atoms with E-state index in [9.17, 15) is 4.79 Å². The number of aromatic nitrogens is 1. The molecule has 1 aliphatic heterocycles. The quantitative estimate of drug-likeness (QED) is 0.908. The second-order valence-corrected chi connectivity index (χ2v) is 7.39. The maximum absolute atomic E-state index is 12.4. The van der Waals surface area contributed by atoms with E-state index in [0.29, 0.717) is 17.7 Å². The Bertz CT molecular complexity index is 724. The zero-order chi connectivity index (χ0) is 17.2. The second-order valence-electron chi connectivity index (χ2n) is 7.39. The van der Waals surface area contributed by atoms with Crippen molar-refractivity contribution >= 4 is 5.91 Å². The topological polar surface area (TPSA) is 58.4 Å². The lowest BCUT2D eigenvalue weighted by Crippen LogP contribution is -2.48. The molecule has 0 bridgehead atoms. The van der Waals surface area contributed by atoms with Gasteiger partial charge in [-0.15, -0.1) is 0 Å². The lowest BCUT2D eigenvalue weighted by molar-refractivity contribution is 0.0858. The molecule has 132 valence electrons. The molecule has 5 heteroatoms. The number of piperidine rings is 1. The number of amides is 1. The van der Waals surface area contributed by atoms with Crippen molar-refractivity contribution in [1.29, 1.82) is 0 Å². The minimum absolute atomic E-state index is 0.107. The maximum Gasteiger partial charge on any atom is 0.273 e. The van der Waals surface area contributed by atoms with Gasteiger partial charge in [0.25, 0.3) is 5.91 Å². The average molecular weight is 339 g/mol. The van der Waals surface area contributed by atoms with Crippen molar-refractivity contribution in [2.75, 3.05) is 6.54 Å². The molecule has 1 aliphatic carbocycles. The van der Waals surface area contributed by atoms with E-state index in [2.05, 4.69) is 46.6 Å². The van der Waals surface area contributed by atoms with E-state index in [4.69, 9.17) is 4.52 Å². The molecular weight excluding hydrogens is 314 g/mol. The van der Waals surface area contributed by atoms with E-state index in [1.165, 1.54) is 5.56 Å². The Morgan fingerprint density at radius 2 is 2.08 bits per heavy atom. The summed E-state index contributed by atoms with van der Waals surface area (Å²) in [5, 5.41) is 7.07. The van der Waals surface area contributed by atoms with Crippen LogP contribution < -0.4 is 5.32 Å². The van der Waals surface area contributed by atoms with Crippen LogP contribution in [0, 0.1) is 0 Å². The Morgan fingerprint density at radius 3 is 2.80 bits per heavy atom. The molecule has 2 aliphatic rings. The van der Waals surface area contributed by atoms with Gasteiger partial charge in [-0.25, -0.2) is 0 Å². The number of nitrogens with one attached hydrogen (secondary N) is 1. The molecule has 1 N–H and O–H groups in total. The number of hydrogen-bond donors (Lipinski definition) is 1. The number of carbonyl (C=O) groups excluding carboxylic acids is 1. The van der Waals surface area contributed by atoms with E-state index < -0.39 is 0 Å². The highest BCUT2D eigenvalue weighted by Gasteiger charge is 2.30. The third-order valence-electron chi connectivity index (χ3n) is 5.32. The van der Waals surface area contributed by atoms with Crippen LogP contribution in [-0.2, 0) is 6.54 Å². The number of carbonyl (C=O) groups is 1. The second kappa shape index (κ2) is 7.00. The van der Waals surface area contributed by atoms with Crippen LogP contribution in [0.3, 0.4) is 0 Å². The maximum atomic E-state index is 12.4. The van der Waals surface area contributed by atoms with Gasteiger partial charge >= 0.3 is 0 Å². The SMILES string of the molecule is C[C@H]1C[C@@H](NC(=O)c2cc(C3CC3)on2)CCN1Cc1ccccc1. The molecular formula is C20H25N3O2. The number of rotatable bonds is 5. The summed E-state index contributed by atoms with van der Waals surface area (Å²) in [4.78, 5) is 14.9. The first-order chi connectivity index (χ1) is 12.2. The van der Waals surface area contributed by atoms with E-state index in [-0.39, 0.29) is 11.9 Å². The highest BCUT2D eigenvalue weighted by Crippen LogP contribution is 2.40. The Labute approximate surface area is 148 Å². The molecule has 2 atom stereocenters. The van der Waals surface area contributed by atoms with E-state index in [1.807, 2.05) is 6.07 Å². The normalized spacial score (nSPS) is 24.2. The van der Waals surface area contributed by atoms with Crippen LogP contribution in [0.15, 0.2) is 40.9 Å². The van der Waals surface area contributed by atoms with Crippen LogP contribution in [0.2, 0.25) is 0 Å². The fraction of sp³-hybridized carbons (Fsp3) is 0.500. The number of likely N-dealkylation sites (tertiary alicyclic amines) is 1. The number of hydrogen-bond acceptors (Lipinski definition) is 4. The van der Waals surface area contributed by atoms with Crippen molar-refractivity contribution in [3.8, 4) is 0 Å². The Hall–Kier alpha value is -2.14. The van der Waals surface area contributed by atoms with Gasteiger partial charge in [-0.2, -0.15) is 0 Å². The molecule has 4 rings (SSSR count). The lowest BCUT2D eigenvalue weighted by Gasteiger charge is -2.37. The summed E-state index contributed by atoms with van der Waals surface area (Å²) in [6.45, 7) is 4.20. The number of nitrogens with zero attached hydrogens (tertiary/aromatic N) is 2. The summed E-state index contributed by atoms with van der Waals surface area (Å²) < 4.78 is 5.28. The molecule has 0 spiro atoms. The van der Waals surface area contributed by atoms with Crippen LogP contribution in [0.4, 0.5) is 0 Å². The molecule has 25 heavy (non-hydrogen) atoms. The predicted molar refractivity (Wildman–Crippen MR) is 95.3 cm³/mol. The highest BCUT2D eigenvalue weighted by molar-refractivity contribution is 5.92. The Kier molecular flexibility index (Phi) is 4.57. The highest BCUT2D eigenvalue weighted by atomic mass is 16.5. The minimum atomic E-state index is -0.107. The summed E-state index contributed by atoms with van der Waals surface area (Å²) in [6, 6.07) is 13.0. The largest absolute Gasteiger partial charge is 0.360 e. The molecule has 1 saturated carbocycles. The fourth-order valence-electron chi connectivity index (χ4n) is 3.62. The van der Waals surface area contributed by atoms with Crippen LogP contribution in [-0.4, -0.2) is 34.6 Å². The fourth-order valence-corrected chi connectivity index (χ4v) is 3.62. The molecule has 1 aromatic heterocycles. The first-order valence-electron chi connectivity index (χ1n) is 9.24. The minimum Gasteiger partial charge on any atom is -0.360 e. The molecule has 1 amide bonds. The van der Waals surface area contributed by atoms with Gasteiger partial charge in [0.1, 0.15) is 5.76 Å². The summed E-state index contributed by atoms with van der Waals surface area (Å²) in [7, 11) is 0. The van der Waals surface area contributed by atoms with Crippen molar-refractivity contribution in [3.05, 3.63) is 53.4 Å². The average Bonchev–Trinajstić information content (AvgIpc) is 3.35. The van der Waals surface area contributed by atoms with Gasteiger partial charge in [0.15, 0.2) is 5.69 Å². The molecule has 2 fully saturated rings. The summed E-state index contributed by atoms with van der Waals surface area (Å²) in [6.07, 6.45) is 4.23. The van der Waals surface area contributed by atoms with Gasteiger partial charge in [0.05, 0.1) is 0 Å². The Balaban J connectivity index is 1.30. The molecule has 2 aromatic rings. The Morgan fingerprint density at radius 1 is 1.28 bits per heavy atom. The lowest BCUT2D eigenvalue weighted by atomic mass is 9.97. The third kappa shape index (κ3) is 3.93. The zero-order valence-corrected chi connectivity index (χ0v) is 14.6. The van der Waals surface area contributed by atoms with Crippen molar-refractivity contribution in [3.63, 3.8) is 0 Å². The first-order valence-corrected chi connectivity index (χ1v) is 9.24. The van der Waals surface area contributed by atoms with Crippen LogP contribution >= 0.6 is 0 Å². The predicted octanol–water partition coefficient (Wildman–Crippen LogP) is 3.33. The van der Waals surface area contributed by atoms with Gasteiger partial charge in [0.2, 0.25) is 0 Å². The first kappa shape index (κ1) is 16.3. The molecule has 1 saturated heterocycles. The smallest absolute Gasteiger partial charge is 0.273 e. The third-order valence-corrected chi connectivity index (χ3v) is 5.32. The van der Waals surface area contributed by atoms with Gasteiger partial charge in [-0.1, -0.05) is 35.5 Å². The van der Waals surface area contributed by atoms with Gasteiger partial charge < -0.3 is 9.84 Å². The summed E-state index contributed by atoms with van der Waals surface area (Å²) in [5.74, 6) is 1.23. The van der Waals surface area contributed by atoms with Gasteiger partial charge in [-0.3, -0.25) is 9.69 Å². The molecule has 5 nitrogen and oxygen atoms in total. The number of benzene rings is 1. The van der Waals surface area contributed by atoms with E-state index in [1.54, 1.807) is 6.07 Å².